The van der Waals surface area contributed by atoms with E-state index in [2.05, 4.69) is 0 Å². The van der Waals surface area contributed by atoms with Gasteiger partial charge in [0, 0.05) is 10.6 Å². The molecule has 0 heterocycles. The zero-order valence-corrected chi connectivity index (χ0v) is 11.1. The number of rotatable bonds is 4. The van der Waals surface area contributed by atoms with E-state index in [1.165, 1.54) is 0 Å². The summed E-state index contributed by atoms with van der Waals surface area (Å²) in [7, 11) is 0. The molecule has 18 heavy (non-hydrogen) atoms. The molecule has 0 saturated carbocycles. The second-order valence-corrected chi connectivity index (χ2v) is 4.64. The lowest BCUT2D eigenvalue weighted by molar-refractivity contribution is 0.259. The summed E-state index contributed by atoms with van der Waals surface area (Å²) in [6.45, 7) is 0.227. The fourth-order valence-corrected chi connectivity index (χ4v) is 2.13. The topological polar surface area (TPSA) is 29.5 Å². The Morgan fingerprint density at radius 2 is 1.78 bits per heavy atom. The van der Waals surface area contributed by atoms with Crippen molar-refractivity contribution in [1.82, 2.24) is 0 Å². The van der Waals surface area contributed by atoms with Crippen LogP contribution in [0.4, 0.5) is 0 Å². The van der Waals surface area contributed by atoms with E-state index in [0.29, 0.717) is 28.0 Å². The molecule has 0 aliphatic carbocycles. The molecule has 0 bridgehead atoms. The molecule has 0 saturated heterocycles. The van der Waals surface area contributed by atoms with Crippen molar-refractivity contribution in [2.75, 3.05) is 0 Å². The van der Waals surface area contributed by atoms with Gasteiger partial charge in [0.15, 0.2) is 0 Å². The smallest absolute Gasteiger partial charge is 0.128 e. The quantitative estimate of drug-likeness (QED) is 0.916. The molecule has 0 unspecified atom stereocenters. The van der Waals surface area contributed by atoms with Crippen molar-refractivity contribution in [2.45, 2.75) is 13.2 Å². The van der Waals surface area contributed by atoms with Crippen molar-refractivity contribution < 1.29 is 9.84 Å². The molecule has 0 aliphatic rings. The van der Waals surface area contributed by atoms with Gasteiger partial charge < -0.3 is 9.84 Å². The van der Waals surface area contributed by atoms with Gasteiger partial charge in [0.25, 0.3) is 0 Å². The van der Waals surface area contributed by atoms with Crippen LogP contribution in [0.5, 0.6) is 5.75 Å². The lowest BCUT2D eigenvalue weighted by atomic mass is 10.2. The van der Waals surface area contributed by atoms with Gasteiger partial charge in [-0.25, -0.2) is 0 Å². The van der Waals surface area contributed by atoms with Gasteiger partial charge in [-0.3, -0.25) is 0 Å². The predicted octanol–water partition coefficient (Wildman–Crippen LogP) is 4.06. The minimum Gasteiger partial charge on any atom is -0.488 e. The monoisotopic (exact) mass is 282 g/mol. The standard InChI is InChI=1S/C14H12Cl2O2/c15-11-6-13(16)12(8-17)14(7-11)18-9-10-4-2-1-3-5-10/h1-7,17H,8-9H2. The Hall–Kier alpha value is -1.22. The summed E-state index contributed by atoms with van der Waals surface area (Å²) in [5.41, 5.74) is 1.59. The van der Waals surface area contributed by atoms with Crippen molar-refractivity contribution >= 4 is 23.2 Å². The van der Waals surface area contributed by atoms with Gasteiger partial charge in [-0.15, -0.1) is 0 Å². The minimum atomic E-state index is -0.180. The molecular weight excluding hydrogens is 271 g/mol. The Morgan fingerprint density at radius 3 is 2.44 bits per heavy atom. The van der Waals surface area contributed by atoms with E-state index in [4.69, 9.17) is 27.9 Å². The molecule has 4 heteroatoms. The molecule has 94 valence electrons. The highest BCUT2D eigenvalue weighted by Gasteiger charge is 2.09. The number of ether oxygens (including phenoxy) is 1. The first kappa shape index (κ1) is 13.2. The third-order valence-electron chi connectivity index (χ3n) is 2.51. The van der Waals surface area contributed by atoms with E-state index in [-0.39, 0.29) is 6.61 Å². The van der Waals surface area contributed by atoms with E-state index in [0.717, 1.165) is 5.56 Å². The largest absolute Gasteiger partial charge is 0.488 e. The van der Waals surface area contributed by atoms with E-state index < -0.39 is 0 Å². The maximum Gasteiger partial charge on any atom is 0.128 e. The number of hydrogen-bond acceptors (Lipinski definition) is 2. The van der Waals surface area contributed by atoms with Crippen molar-refractivity contribution in [3.63, 3.8) is 0 Å². The van der Waals surface area contributed by atoms with Crippen molar-refractivity contribution in [3.05, 3.63) is 63.6 Å². The van der Waals surface area contributed by atoms with Crippen LogP contribution in [-0.2, 0) is 13.2 Å². The van der Waals surface area contributed by atoms with E-state index in [1.807, 2.05) is 30.3 Å². The fourth-order valence-electron chi connectivity index (χ4n) is 1.60. The van der Waals surface area contributed by atoms with E-state index >= 15 is 0 Å². The van der Waals surface area contributed by atoms with Crippen LogP contribution in [0.25, 0.3) is 0 Å². The summed E-state index contributed by atoms with van der Waals surface area (Å²) in [5.74, 6) is 0.513. The third kappa shape index (κ3) is 3.16. The van der Waals surface area contributed by atoms with E-state index in [1.54, 1.807) is 12.1 Å². The van der Waals surface area contributed by atoms with Crippen LogP contribution in [-0.4, -0.2) is 5.11 Å². The predicted molar refractivity (Wildman–Crippen MR) is 73.2 cm³/mol. The summed E-state index contributed by atoms with van der Waals surface area (Å²) in [6.07, 6.45) is 0. The Morgan fingerprint density at radius 1 is 1.06 bits per heavy atom. The molecule has 0 fully saturated rings. The summed E-state index contributed by atoms with van der Waals surface area (Å²) in [6, 6.07) is 13.0. The van der Waals surface area contributed by atoms with Gasteiger partial charge in [0.05, 0.1) is 11.6 Å². The first-order valence-corrected chi connectivity index (χ1v) is 6.22. The summed E-state index contributed by atoms with van der Waals surface area (Å²) in [4.78, 5) is 0. The molecule has 1 N–H and O–H groups in total. The Labute approximate surface area is 116 Å². The Kier molecular flexibility index (Phi) is 4.48. The number of aliphatic hydroxyl groups excluding tert-OH is 1. The molecule has 0 aromatic heterocycles. The van der Waals surface area contributed by atoms with Gasteiger partial charge >= 0.3 is 0 Å². The molecule has 0 aliphatic heterocycles. The number of halogens is 2. The molecule has 2 nitrogen and oxygen atoms in total. The maximum absolute atomic E-state index is 9.28. The maximum atomic E-state index is 9.28. The first-order chi connectivity index (χ1) is 8.70. The number of benzene rings is 2. The minimum absolute atomic E-state index is 0.180. The average Bonchev–Trinajstić information content (AvgIpc) is 2.37. The van der Waals surface area contributed by atoms with Gasteiger partial charge in [-0.05, 0) is 17.7 Å². The lowest BCUT2D eigenvalue weighted by Crippen LogP contribution is -1.99. The van der Waals surface area contributed by atoms with Crippen molar-refractivity contribution in [3.8, 4) is 5.75 Å². The third-order valence-corrected chi connectivity index (χ3v) is 3.07. The SMILES string of the molecule is OCc1c(Cl)cc(Cl)cc1OCc1ccccc1. The molecule has 0 atom stereocenters. The summed E-state index contributed by atoms with van der Waals surface area (Å²) >= 11 is 11.9. The second kappa shape index (κ2) is 6.10. The molecule has 2 rings (SSSR count). The van der Waals surface area contributed by atoms with Crippen molar-refractivity contribution in [2.24, 2.45) is 0 Å². The van der Waals surface area contributed by atoms with Gasteiger partial charge in [-0.1, -0.05) is 53.5 Å². The van der Waals surface area contributed by atoms with Crippen LogP contribution in [0, 0.1) is 0 Å². The van der Waals surface area contributed by atoms with Crippen molar-refractivity contribution in [1.29, 1.82) is 0 Å². The number of aliphatic hydroxyl groups is 1. The van der Waals surface area contributed by atoms with Crippen LogP contribution < -0.4 is 4.74 Å². The van der Waals surface area contributed by atoms with Crippen LogP contribution in [0.15, 0.2) is 42.5 Å². The lowest BCUT2D eigenvalue weighted by Gasteiger charge is -2.12. The Balaban J connectivity index is 2.18. The zero-order chi connectivity index (χ0) is 13.0. The zero-order valence-electron chi connectivity index (χ0n) is 9.57. The van der Waals surface area contributed by atoms with Crippen LogP contribution in [0.3, 0.4) is 0 Å². The highest BCUT2D eigenvalue weighted by Crippen LogP contribution is 2.31. The normalized spacial score (nSPS) is 10.4. The highest BCUT2D eigenvalue weighted by atomic mass is 35.5. The van der Waals surface area contributed by atoms with Gasteiger partial charge in [0.1, 0.15) is 12.4 Å². The van der Waals surface area contributed by atoms with Crippen LogP contribution in [0.1, 0.15) is 11.1 Å². The first-order valence-electron chi connectivity index (χ1n) is 5.46. The van der Waals surface area contributed by atoms with Gasteiger partial charge in [0.2, 0.25) is 0 Å². The Bertz CT molecular complexity index is 527. The average molecular weight is 283 g/mol. The van der Waals surface area contributed by atoms with Crippen LogP contribution >= 0.6 is 23.2 Å². The van der Waals surface area contributed by atoms with Gasteiger partial charge in [-0.2, -0.15) is 0 Å². The van der Waals surface area contributed by atoms with E-state index in [9.17, 15) is 5.11 Å². The molecule has 2 aromatic rings. The second-order valence-electron chi connectivity index (χ2n) is 3.80. The molecule has 0 spiro atoms. The number of hydrogen-bond donors (Lipinski definition) is 1. The molecule has 0 radical (unpaired) electrons. The highest BCUT2D eigenvalue weighted by molar-refractivity contribution is 6.35. The molecule has 2 aromatic carbocycles. The molecular formula is C14H12Cl2O2. The van der Waals surface area contributed by atoms with Crippen LogP contribution in [0.2, 0.25) is 10.0 Å². The molecule has 0 amide bonds. The summed E-state index contributed by atoms with van der Waals surface area (Å²) in [5, 5.41) is 10.2. The fraction of sp³-hybridized carbons (Fsp3) is 0.143. The summed E-state index contributed by atoms with van der Waals surface area (Å²) < 4.78 is 5.65.